The van der Waals surface area contributed by atoms with E-state index in [1.165, 1.54) is 0 Å². The standard InChI is InChI=1S/C26H20BrN3O3S/c1-33-19-10-7-16(8-11-19)13-24-25(28-26(32)34-24)30-22(20-14-18(27)9-12-23(20)31)15-21(29-30)17-5-3-2-4-6-17/h2-15,25,31H,1H3,(H,28,32)/b24-13-/t25-/m1/s1. The van der Waals surface area contributed by atoms with E-state index >= 15 is 0 Å². The smallest absolute Gasteiger partial charge is 0.285 e. The summed E-state index contributed by atoms with van der Waals surface area (Å²) < 4.78 is 7.83. The van der Waals surface area contributed by atoms with Crippen molar-refractivity contribution in [2.45, 2.75) is 6.17 Å². The zero-order chi connectivity index (χ0) is 23.7. The molecule has 1 fully saturated rings. The molecule has 5 rings (SSSR count). The van der Waals surface area contributed by atoms with Crippen LogP contribution in [0.15, 0.2) is 88.2 Å². The molecule has 1 aliphatic heterocycles. The SMILES string of the molecule is COc1ccc(/C=C2\SC(=O)N[C@@H]2n2nc(-c3ccccc3)cc2-c2cc(Br)ccc2O)cc1. The van der Waals surface area contributed by atoms with Crippen LogP contribution in [-0.2, 0) is 0 Å². The fraction of sp³-hybridized carbons (Fsp3) is 0.0769. The lowest BCUT2D eigenvalue weighted by Crippen LogP contribution is -2.25. The first-order chi connectivity index (χ1) is 16.5. The topological polar surface area (TPSA) is 76.4 Å². The van der Waals surface area contributed by atoms with E-state index in [4.69, 9.17) is 9.84 Å². The molecule has 170 valence electrons. The van der Waals surface area contributed by atoms with E-state index in [1.807, 2.05) is 72.8 Å². The molecule has 2 N–H and O–H groups in total. The van der Waals surface area contributed by atoms with Gasteiger partial charge in [0, 0.05) is 20.5 Å². The monoisotopic (exact) mass is 533 g/mol. The Morgan fingerprint density at radius 1 is 1.09 bits per heavy atom. The maximum absolute atomic E-state index is 12.5. The highest BCUT2D eigenvalue weighted by atomic mass is 79.9. The van der Waals surface area contributed by atoms with Gasteiger partial charge in [0.1, 0.15) is 11.5 Å². The Morgan fingerprint density at radius 2 is 1.85 bits per heavy atom. The summed E-state index contributed by atoms with van der Waals surface area (Å²) in [5.74, 6) is 0.889. The quantitative estimate of drug-likeness (QED) is 0.298. The molecule has 4 aromatic rings. The minimum Gasteiger partial charge on any atom is -0.507 e. The van der Waals surface area contributed by atoms with Crippen LogP contribution in [0.5, 0.6) is 11.5 Å². The van der Waals surface area contributed by atoms with Crippen LogP contribution in [0, 0.1) is 0 Å². The predicted molar refractivity (Wildman–Crippen MR) is 139 cm³/mol. The molecule has 1 atom stereocenters. The molecule has 0 radical (unpaired) electrons. The lowest BCUT2D eigenvalue weighted by molar-refractivity contribution is 0.257. The van der Waals surface area contributed by atoms with Crippen molar-refractivity contribution in [2.75, 3.05) is 7.11 Å². The molecular formula is C26H20BrN3O3S. The molecule has 1 aliphatic rings. The normalized spacial score (nSPS) is 16.6. The zero-order valence-corrected chi connectivity index (χ0v) is 20.5. The maximum Gasteiger partial charge on any atom is 0.285 e. The molecule has 0 bridgehead atoms. The van der Waals surface area contributed by atoms with Crippen LogP contribution < -0.4 is 10.1 Å². The van der Waals surface area contributed by atoms with Gasteiger partial charge in [0.25, 0.3) is 5.24 Å². The third kappa shape index (κ3) is 4.47. The van der Waals surface area contributed by atoms with Gasteiger partial charge in [-0.15, -0.1) is 0 Å². The summed E-state index contributed by atoms with van der Waals surface area (Å²) in [4.78, 5) is 13.3. The second-order valence-electron chi connectivity index (χ2n) is 7.64. The summed E-state index contributed by atoms with van der Waals surface area (Å²) in [5.41, 5.74) is 3.91. The van der Waals surface area contributed by atoms with Crippen molar-refractivity contribution in [1.29, 1.82) is 0 Å². The van der Waals surface area contributed by atoms with Crippen LogP contribution in [0.2, 0.25) is 0 Å². The highest BCUT2D eigenvalue weighted by molar-refractivity contribution is 9.10. The molecule has 0 spiro atoms. The molecule has 6 nitrogen and oxygen atoms in total. The number of ether oxygens (including phenoxy) is 1. The number of hydrogen-bond donors (Lipinski definition) is 2. The lowest BCUT2D eigenvalue weighted by atomic mass is 10.1. The van der Waals surface area contributed by atoms with Crippen molar-refractivity contribution in [3.8, 4) is 34.0 Å². The van der Waals surface area contributed by atoms with E-state index < -0.39 is 6.17 Å². The van der Waals surface area contributed by atoms with Gasteiger partial charge in [0.05, 0.1) is 18.5 Å². The van der Waals surface area contributed by atoms with E-state index in [0.29, 0.717) is 11.3 Å². The number of rotatable bonds is 5. The number of methoxy groups -OCH3 is 1. The summed E-state index contributed by atoms with van der Waals surface area (Å²) in [5, 5.41) is 18.4. The van der Waals surface area contributed by atoms with Gasteiger partial charge in [-0.05, 0) is 59.8 Å². The van der Waals surface area contributed by atoms with Crippen LogP contribution in [0.3, 0.4) is 0 Å². The number of phenolic OH excluding ortho intramolecular Hbond substituents is 1. The largest absolute Gasteiger partial charge is 0.507 e. The van der Waals surface area contributed by atoms with Crippen molar-refractivity contribution in [1.82, 2.24) is 15.1 Å². The molecule has 0 saturated carbocycles. The first kappa shape index (κ1) is 22.3. The minimum absolute atomic E-state index is 0.127. The lowest BCUT2D eigenvalue weighted by Gasteiger charge is -2.17. The van der Waals surface area contributed by atoms with Crippen molar-refractivity contribution in [3.63, 3.8) is 0 Å². The summed E-state index contributed by atoms with van der Waals surface area (Å²) >= 11 is 4.63. The van der Waals surface area contributed by atoms with Crippen LogP contribution in [0.4, 0.5) is 4.79 Å². The van der Waals surface area contributed by atoms with Crippen molar-refractivity contribution in [3.05, 3.63) is 93.8 Å². The molecule has 1 saturated heterocycles. The number of phenols is 1. The van der Waals surface area contributed by atoms with Crippen LogP contribution in [-0.4, -0.2) is 27.2 Å². The summed E-state index contributed by atoms with van der Waals surface area (Å²) in [6.45, 7) is 0. The number of carbonyl (C=O) groups excluding carboxylic acids is 1. The molecule has 3 aromatic carbocycles. The van der Waals surface area contributed by atoms with E-state index in [0.717, 1.165) is 43.7 Å². The van der Waals surface area contributed by atoms with Gasteiger partial charge in [-0.2, -0.15) is 5.10 Å². The molecule has 0 unspecified atom stereocenters. The number of amides is 1. The molecule has 1 amide bonds. The minimum atomic E-state index is -0.523. The predicted octanol–water partition coefficient (Wildman–Crippen LogP) is 6.69. The van der Waals surface area contributed by atoms with Gasteiger partial charge in [0.15, 0.2) is 6.17 Å². The molecular weight excluding hydrogens is 514 g/mol. The van der Waals surface area contributed by atoms with Crippen LogP contribution in [0.25, 0.3) is 28.6 Å². The van der Waals surface area contributed by atoms with Crippen molar-refractivity contribution < 1.29 is 14.6 Å². The van der Waals surface area contributed by atoms with E-state index in [2.05, 4.69) is 21.2 Å². The highest BCUT2D eigenvalue weighted by Gasteiger charge is 2.32. The van der Waals surface area contributed by atoms with E-state index in [-0.39, 0.29) is 11.0 Å². The Labute approximate surface area is 209 Å². The number of halogens is 1. The van der Waals surface area contributed by atoms with Gasteiger partial charge in [-0.25, -0.2) is 4.68 Å². The number of benzene rings is 3. The van der Waals surface area contributed by atoms with E-state index in [9.17, 15) is 9.90 Å². The fourth-order valence-corrected chi connectivity index (χ4v) is 5.00. The zero-order valence-electron chi connectivity index (χ0n) is 18.1. The van der Waals surface area contributed by atoms with E-state index in [1.54, 1.807) is 23.9 Å². The number of nitrogens with one attached hydrogen (secondary N) is 1. The molecule has 8 heteroatoms. The first-order valence-electron chi connectivity index (χ1n) is 10.5. The van der Waals surface area contributed by atoms with Crippen molar-refractivity contribution in [2.24, 2.45) is 0 Å². The third-order valence-corrected chi connectivity index (χ3v) is 6.82. The Kier molecular flexibility index (Phi) is 6.17. The second-order valence-corrected chi connectivity index (χ2v) is 9.61. The summed E-state index contributed by atoms with van der Waals surface area (Å²) in [7, 11) is 1.62. The Hall–Kier alpha value is -3.49. The van der Waals surface area contributed by atoms with Gasteiger partial charge in [-0.3, -0.25) is 4.79 Å². The summed E-state index contributed by atoms with van der Waals surface area (Å²) in [6, 6.07) is 24.6. The molecule has 0 aliphatic carbocycles. The molecule has 1 aromatic heterocycles. The number of nitrogens with zero attached hydrogens (tertiary/aromatic N) is 2. The Bertz CT molecular complexity index is 1380. The van der Waals surface area contributed by atoms with Crippen LogP contribution >= 0.6 is 27.7 Å². The number of aromatic nitrogens is 2. The number of aromatic hydroxyl groups is 1. The van der Waals surface area contributed by atoms with Gasteiger partial charge >= 0.3 is 0 Å². The number of hydrogen-bond acceptors (Lipinski definition) is 5. The van der Waals surface area contributed by atoms with Gasteiger partial charge in [0.2, 0.25) is 0 Å². The van der Waals surface area contributed by atoms with Crippen LogP contribution in [0.1, 0.15) is 11.7 Å². The Morgan fingerprint density at radius 3 is 2.59 bits per heavy atom. The number of carbonyl (C=O) groups is 1. The summed E-state index contributed by atoms with van der Waals surface area (Å²) in [6.07, 6.45) is 1.44. The average Bonchev–Trinajstić information content (AvgIpc) is 3.45. The third-order valence-electron chi connectivity index (χ3n) is 5.44. The maximum atomic E-state index is 12.5. The fourth-order valence-electron chi connectivity index (χ4n) is 3.79. The second kappa shape index (κ2) is 9.40. The van der Waals surface area contributed by atoms with Crippen molar-refractivity contribution >= 4 is 39.0 Å². The number of thioether (sulfide) groups is 1. The highest BCUT2D eigenvalue weighted by Crippen LogP contribution is 2.41. The Balaban J connectivity index is 1.64. The average molecular weight is 534 g/mol. The van der Waals surface area contributed by atoms with Gasteiger partial charge < -0.3 is 15.2 Å². The molecule has 2 heterocycles. The molecule has 34 heavy (non-hydrogen) atoms. The first-order valence-corrected chi connectivity index (χ1v) is 12.1. The van der Waals surface area contributed by atoms with Gasteiger partial charge in [-0.1, -0.05) is 58.4 Å².